The first-order chi connectivity index (χ1) is 30.0. The first kappa shape index (κ1) is 59.3. The van der Waals surface area contributed by atoms with Gasteiger partial charge in [0.2, 0.25) is 5.91 Å². The molecule has 3 N–H and O–H groups in total. The molecule has 0 aliphatic carbocycles. The van der Waals surface area contributed by atoms with Crippen LogP contribution < -0.4 is 5.32 Å². The van der Waals surface area contributed by atoms with Crippen molar-refractivity contribution in [1.29, 1.82) is 0 Å². The van der Waals surface area contributed by atoms with Crippen LogP contribution in [0.5, 0.6) is 0 Å². The molecule has 0 aromatic rings. The van der Waals surface area contributed by atoms with E-state index in [-0.39, 0.29) is 18.5 Å². The lowest BCUT2D eigenvalue weighted by Crippen LogP contribution is -2.45. The number of unbranched alkanes of at least 4 members (excludes halogenated alkanes) is 37. The van der Waals surface area contributed by atoms with Gasteiger partial charge in [-0.25, -0.2) is 0 Å². The summed E-state index contributed by atoms with van der Waals surface area (Å²) in [5.74, 6) is -0.111. The minimum atomic E-state index is -0.857. The molecule has 2 unspecified atom stereocenters. The lowest BCUT2D eigenvalue weighted by atomic mass is 10.0. The van der Waals surface area contributed by atoms with Crippen LogP contribution in [0.2, 0.25) is 0 Å². The van der Waals surface area contributed by atoms with Gasteiger partial charge in [0.1, 0.15) is 0 Å². The van der Waals surface area contributed by atoms with Crippen molar-refractivity contribution in [1.82, 2.24) is 5.32 Å². The Kier molecular flexibility index (Phi) is 49.6. The summed E-state index contributed by atoms with van der Waals surface area (Å²) < 4.78 is 5.44. The predicted molar refractivity (Wildman–Crippen MR) is 264 cm³/mol. The third kappa shape index (κ3) is 47.7. The Morgan fingerprint density at radius 2 is 0.770 bits per heavy atom. The molecule has 0 aliphatic heterocycles. The van der Waals surface area contributed by atoms with Crippen LogP contribution in [-0.4, -0.2) is 47.4 Å². The van der Waals surface area contributed by atoms with Crippen LogP contribution >= 0.6 is 0 Å². The van der Waals surface area contributed by atoms with E-state index >= 15 is 0 Å². The molecule has 0 saturated heterocycles. The highest BCUT2D eigenvalue weighted by Crippen LogP contribution is 2.16. The first-order valence-electron chi connectivity index (χ1n) is 27.1. The SMILES string of the molecule is CCCCC/C=C\CCCCCCCC(=O)OCCCCCCCCCCCCCC(=O)NC(CO)C(O)/C=C/CCCCCCCCCCCCCCCCCCCCC. The van der Waals surface area contributed by atoms with E-state index in [1.54, 1.807) is 6.08 Å². The summed E-state index contributed by atoms with van der Waals surface area (Å²) in [5, 5.41) is 23.1. The van der Waals surface area contributed by atoms with Gasteiger partial charge >= 0.3 is 5.97 Å². The lowest BCUT2D eigenvalue weighted by molar-refractivity contribution is -0.143. The van der Waals surface area contributed by atoms with Crippen LogP contribution in [0.15, 0.2) is 24.3 Å². The fraction of sp³-hybridized carbons (Fsp3) is 0.891. The molecule has 0 radical (unpaired) electrons. The van der Waals surface area contributed by atoms with Crippen molar-refractivity contribution in [3.05, 3.63) is 24.3 Å². The van der Waals surface area contributed by atoms with Gasteiger partial charge in [-0.3, -0.25) is 9.59 Å². The molecule has 0 aliphatic rings. The van der Waals surface area contributed by atoms with Gasteiger partial charge < -0.3 is 20.3 Å². The minimum absolute atomic E-state index is 0.0252. The minimum Gasteiger partial charge on any atom is -0.466 e. The summed E-state index contributed by atoms with van der Waals surface area (Å²) in [6, 6.07) is -0.642. The maximum atomic E-state index is 12.5. The number of aliphatic hydroxyl groups excluding tert-OH is 2. The smallest absolute Gasteiger partial charge is 0.305 e. The molecule has 0 fully saturated rings. The Morgan fingerprint density at radius 3 is 1.20 bits per heavy atom. The molecule has 2 atom stereocenters. The Balaban J connectivity index is 3.51. The van der Waals surface area contributed by atoms with Crippen LogP contribution in [0, 0.1) is 0 Å². The average Bonchev–Trinajstić information content (AvgIpc) is 3.26. The molecule has 61 heavy (non-hydrogen) atoms. The average molecular weight is 860 g/mol. The topological polar surface area (TPSA) is 95.9 Å². The Labute approximate surface area is 380 Å². The van der Waals surface area contributed by atoms with E-state index in [9.17, 15) is 19.8 Å². The summed E-state index contributed by atoms with van der Waals surface area (Å²) >= 11 is 0. The van der Waals surface area contributed by atoms with Gasteiger partial charge in [0.05, 0.1) is 25.4 Å². The molecular weight excluding hydrogens is 755 g/mol. The molecule has 1 amide bonds. The highest BCUT2D eigenvalue weighted by atomic mass is 16.5. The molecule has 0 bridgehead atoms. The van der Waals surface area contributed by atoms with Crippen molar-refractivity contribution in [3.8, 4) is 0 Å². The Bertz CT molecular complexity index is 951. The van der Waals surface area contributed by atoms with Gasteiger partial charge in [0, 0.05) is 12.8 Å². The summed E-state index contributed by atoms with van der Waals surface area (Å²) in [6.07, 6.45) is 60.4. The number of hydrogen-bond acceptors (Lipinski definition) is 5. The Hall–Kier alpha value is -1.66. The second kappa shape index (κ2) is 51.0. The fourth-order valence-corrected chi connectivity index (χ4v) is 8.27. The number of esters is 1. The molecule has 0 rings (SSSR count). The van der Waals surface area contributed by atoms with Crippen molar-refractivity contribution in [2.45, 2.75) is 302 Å². The van der Waals surface area contributed by atoms with Crippen molar-refractivity contribution < 1.29 is 24.5 Å². The number of rotatable bonds is 50. The zero-order valence-corrected chi connectivity index (χ0v) is 40.9. The molecule has 6 nitrogen and oxygen atoms in total. The van der Waals surface area contributed by atoms with Crippen LogP contribution in [0.4, 0.5) is 0 Å². The number of allylic oxidation sites excluding steroid dienone is 3. The lowest BCUT2D eigenvalue weighted by Gasteiger charge is -2.20. The maximum absolute atomic E-state index is 12.5. The largest absolute Gasteiger partial charge is 0.466 e. The zero-order valence-electron chi connectivity index (χ0n) is 40.9. The number of carbonyl (C=O) groups excluding carboxylic acids is 2. The highest BCUT2D eigenvalue weighted by molar-refractivity contribution is 5.76. The number of aliphatic hydroxyl groups is 2. The number of nitrogens with one attached hydrogen (secondary N) is 1. The highest BCUT2D eigenvalue weighted by Gasteiger charge is 2.18. The molecule has 0 aromatic carbocycles. The van der Waals surface area contributed by atoms with Gasteiger partial charge in [0.25, 0.3) is 0 Å². The standard InChI is InChI=1S/C55H105NO5/c1-3-5-7-9-11-13-15-17-18-19-20-21-22-23-24-25-27-31-35-39-43-47-53(58)52(51-57)56-54(59)48-44-40-36-32-28-26-30-34-38-42-46-50-61-55(60)49-45-41-37-33-29-16-14-12-10-8-6-4-2/h12,14,43,47,52-53,57-58H,3-11,13,15-42,44-46,48-51H2,1-2H3,(H,56,59)/b14-12-,47-43+. The Morgan fingerprint density at radius 1 is 0.443 bits per heavy atom. The zero-order chi connectivity index (χ0) is 44.4. The molecule has 6 heteroatoms. The summed E-state index contributed by atoms with van der Waals surface area (Å²) in [7, 11) is 0. The number of hydrogen-bond donors (Lipinski definition) is 3. The number of ether oxygens (including phenoxy) is 1. The third-order valence-electron chi connectivity index (χ3n) is 12.5. The van der Waals surface area contributed by atoms with Gasteiger partial charge in [0.15, 0.2) is 0 Å². The second-order valence-corrected chi connectivity index (χ2v) is 18.6. The van der Waals surface area contributed by atoms with E-state index in [1.165, 1.54) is 205 Å². The van der Waals surface area contributed by atoms with E-state index in [4.69, 9.17) is 4.74 Å². The summed E-state index contributed by atoms with van der Waals surface area (Å²) in [4.78, 5) is 24.5. The molecule has 0 aromatic heterocycles. The van der Waals surface area contributed by atoms with Gasteiger partial charge in [-0.1, -0.05) is 244 Å². The van der Waals surface area contributed by atoms with Gasteiger partial charge in [-0.15, -0.1) is 0 Å². The van der Waals surface area contributed by atoms with Gasteiger partial charge in [-0.05, 0) is 57.8 Å². The van der Waals surface area contributed by atoms with Crippen molar-refractivity contribution in [2.75, 3.05) is 13.2 Å². The van der Waals surface area contributed by atoms with E-state index in [0.717, 1.165) is 57.8 Å². The van der Waals surface area contributed by atoms with E-state index in [1.807, 2.05) is 6.08 Å². The second-order valence-electron chi connectivity index (χ2n) is 18.6. The molecule has 360 valence electrons. The normalized spacial score (nSPS) is 12.8. The van der Waals surface area contributed by atoms with E-state index < -0.39 is 12.1 Å². The van der Waals surface area contributed by atoms with E-state index in [0.29, 0.717) is 19.4 Å². The summed E-state index contributed by atoms with van der Waals surface area (Å²) in [6.45, 7) is 4.84. The van der Waals surface area contributed by atoms with Crippen LogP contribution in [0.3, 0.4) is 0 Å². The number of amides is 1. The summed E-state index contributed by atoms with van der Waals surface area (Å²) in [5.41, 5.74) is 0. The van der Waals surface area contributed by atoms with Crippen LogP contribution in [0.25, 0.3) is 0 Å². The fourth-order valence-electron chi connectivity index (χ4n) is 8.27. The molecule has 0 spiro atoms. The quantitative estimate of drug-likeness (QED) is 0.0322. The van der Waals surface area contributed by atoms with Crippen molar-refractivity contribution >= 4 is 11.9 Å². The van der Waals surface area contributed by atoms with Crippen LogP contribution in [-0.2, 0) is 14.3 Å². The number of carbonyl (C=O) groups is 2. The first-order valence-corrected chi connectivity index (χ1v) is 27.1. The molecular formula is C55H105NO5. The predicted octanol–water partition coefficient (Wildman–Crippen LogP) is 16.3. The van der Waals surface area contributed by atoms with Crippen LogP contribution in [0.1, 0.15) is 290 Å². The maximum Gasteiger partial charge on any atom is 0.305 e. The molecule has 0 saturated carbocycles. The third-order valence-corrected chi connectivity index (χ3v) is 12.5. The molecule has 0 heterocycles. The van der Waals surface area contributed by atoms with Crippen molar-refractivity contribution in [2.24, 2.45) is 0 Å². The monoisotopic (exact) mass is 860 g/mol. The van der Waals surface area contributed by atoms with Gasteiger partial charge in [-0.2, -0.15) is 0 Å². The van der Waals surface area contributed by atoms with E-state index in [2.05, 4.69) is 31.3 Å². The van der Waals surface area contributed by atoms with Crippen molar-refractivity contribution in [3.63, 3.8) is 0 Å².